The maximum Gasteiger partial charge on any atom is 0.339 e. The molecule has 184 valence electrons. The highest BCUT2D eigenvalue weighted by Crippen LogP contribution is 2.22. The number of carboxylic acids is 1. The van der Waals surface area contributed by atoms with Crippen LogP contribution in [0.25, 0.3) is 0 Å². The van der Waals surface area contributed by atoms with Gasteiger partial charge < -0.3 is 10.0 Å². The van der Waals surface area contributed by atoms with Gasteiger partial charge in [0.25, 0.3) is 0 Å². The van der Waals surface area contributed by atoms with E-state index >= 15 is 0 Å². The number of aromatic nitrogens is 2. The smallest absolute Gasteiger partial charge is 0.339 e. The van der Waals surface area contributed by atoms with Crippen LogP contribution in [-0.4, -0.2) is 63.6 Å². The predicted octanol–water partition coefficient (Wildman–Crippen LogP) is 4.31. The van der Waals surface area contributed by atoms with Crippen LogP contribution < -0.4 is 4.90 Å². The number of anilines is 1. The van der Waals surface area contributed by atoms with Crippen molar-refractivity contribution in [2.24, 2.45) is 0 Å². The van der Waals surface area contributed by atoms with E-state index in [1.165, 1.54) is 6.07 Å². The van der Waals surface area contributed by atoms with Crippen molar-refractivity contribution in [2.75, 3.05) is 37.6 Å². The second-order valence-corrected chi connectivity index (χ2v) is 9.01. The summed E-state index contributed by atoms with van der Waals surface area (Å²) in [5.74, 6) is -0.718. The Hall–Kier alpha value is -3.07. The molecule has 1 aromatic carbocycles. The molecule has 0 spiro atoms. The second kappa shape index (κ2) is 11.6. The highest BCUT2D eigenvalue weighted by Gasteiger charge is 2.22. The summed E-state index contributed by atoms with van der Waals surface area (Å²) in [7, 11) is 0. The Morgan fingerprint density at radius 3 is 2.54 bits per heavy atom. The van der Waals surface area contributed by atoms with Crippen molar-refractivity contribution in [3.05, 3.63) is 88.1 Å². The van der Waals surface area contributed by atoms with Gasteiger partial charge in [-0.1, -0.05) is 30.7 Å². The molecule has 0 unspecified atom stereocenters. The van der Waals surface area contributed by atoms with E-state index in [0.717, 1.165) is 37.4 Å². The van der Waals surface area contributed by atoms with E-state index in [4.69, 9.17) is 11.6 Å². The monoisotopic (exact) mass is 497 g/mol. The van der Waals surface area contributed by atoms with Gasteiger partial charge in [0.15, 0.2) is 0 Å². The van der Waals surface area contributed by atoms with E-state index in [1.54, 1.807) is 30.5 Å². The minimum atomic E-state index is -0.958. The van der Waals surface area contributed by atoms with Gasteiger partial charge in [-0.3, -0.25) is 14.8 Å². The molecule has 0 amide bonds. The number of carbonyl (C=O) groups is 1. The van der Waals surface area contributed by atoms with Crippen LogP contribution in [0.2, 0.25) is 5.02 Å². The average molecular weight is 498 g/mol. The molecule has 1 N–H and O–H groups in total. The molecule has 0 atom stereocenters. The maximum absolute atomic E-state index is 14.2. The van der Waals surface area contributed by atoms with Crippen molar-refractivity contribution in [3.8, 4) is 0 Å². The lowest BCUT2D eigenvalue weighted by atomic mass is 10.1. The lowest BCUT2D eigenvalue weighted by Crippen LogP contribution is -2.46. The molecular weight excluding hydrogens is 469 g/mol. The fourth-order valence-corrected chi connectivity index (χ4v) is 4.47. The maximum atomic E-state index is 14.2. The van der Waals surface area contributed by atoms with E-state index in [0.29, 0.717) is 42.6 Å². The second-order valence-electron chi connectivity index (χ2n) is 8.60. The molecule has 7 nitrogen and oxygen atoms in total. The lowest BCUT2D eigenvalue weighted by molar-refractivity contribution is 0.0697. The van der Waals surface area contributed by atoms with Gasteiger partial charge in [0.05, 0.1) is 5.69 Å². The molecule has 0 bridgehead atoms. The summed E-state index contributed by atoms with van der Waals surface area (Å²) in [4.78, 5) is 26.9. The Bertz CT molecular complexity index is 1130. The molecule has 35 heavy (non-hydrogen) atoms. The topological polar surface area (TPSA) is 72.8 Å². The fraction of sp³-hybridized carbons (Fsp3) is 0.346. The number of carboxylic acid groups (broad SMARTS) is 1. The summed E-state index contributed by atoms with van der Waals surface area (Å²) >= 11 is 6.19. The van der Waals surface area contributed by atoms with Crippen molar-refractivity contribution < 1.29 is 14.3 Å². The number of aromatic carboxylic acids is 1. The summed E-state index contributed by atoms with van der Waals surface area (Å²) in [6.07, 6.45) is 3.53. The van der Waals surface area contributed by atoms with Gasteiger partial charge in [0.2, 0.25) is 0 Å². The summed E-state index contributed by atoms with van der Waals surface area (Å²) in [6.45, 7) is 7.64. The third kappa shape index (κ3) is 6.33. The Morgan fingerprint density at radius 2 is 1.89 bits per heavy atom. The number of piperazine rings is 1. The number of rotatable bonds is 9. The van der Waals surface area contributed by atoms with E-state index < -0.39 is 5.97 Å². The summed E-state index contributed by atoms with van der Waals surface area (Å²) in [6, 6.07) is 12.1. The summed E-state index contributed by atoms with van der Waals surface area (Å²) < 4.78 is 14.2. The van der Waals surface area contributed by atoms with Crippen LogP contribution >= 0.6 is 11.6 Å². The van der Waals surface area contributed by atoms with Gasteiger partial charge >= 0.3 is 5.97 Å². The van der Waals surface area contributed by atoms with E-state index in [-0.39, 0.29) is 11.4 Å². The average Bonchev–Trinajstić information content (AvgIpc) is 2.87. The van der Waals surface area contributed by atoms with Crippen molar-refractivity contribution in [3.63, 3.8) is 0 Å². The van der Waals surface area contributed by atoms with Gasteiger partial charge in [-0.2, -0.15) is 0 Å². The molecular formula is C26H29ClFN5O2. The molecule has 1 aliphatic rings. The third-order valence-corrected chi connectivity index (χ3v) is 6.61. The first kappa shape index (κ1) is 25.0. The van der Waals surface area contributed by atoms with E-state index in [1.807, 2.05) is 24.1 Å². The number of benzene rings is 1. The first-order valence-corrected chi connectivity index (χ1v) is 12.1. The zero-order chi connectivity index (χ0) is 24.8. The van der Waals surface area contributed by atoms with Crippen molar-refractivity contribution in [1.29, 1.82) is 0 Å². The van der Waals surface area contributed by atoms with Crippen molar-refractivity contribution in [1.82, 2.24) is 19.8 Å². The number of pyridine rings is 2. The van der Waals surface area contributed by atoms with Crippen LogP contribution in [0.3, 0.4) is 0 Å². The Labute approximate surface area is 209 Å². The van der Waals surface area contributed by atoms with Gasteiger partial charge in [0.1, 0.15) is 17.2 Å². The molecule has 2 aromatic heterocycles. The van der Waals surface area contributed by atoms with E-state index in [2.05, 4.69) is 25.8 Å². The van der Waals surface area contributed by atoms with Crippen LogP contribution in [0.1, 0.15) is 34.1 Å². The van der Waals surface area contributed by atoms with Gasteiger partial charge in [-0.05, 0) is 42.4 Å². The molecule has 1 saturated heterocycles. The Kier molecular flexibility index (Phi) is 8.28. The minimum Gasteiger partial charge on any atom is -0.478 e. The normalized spacial score (nSPS) is 14.5. The standard InChI is InChI=1S/C26H29ClFN5O2/c1-2-31(18-22-23(27)6-3-7-24(22)28)17-20-9-8-19(15-30-20)16-32-11-13-33(14-12-32)25-21(26(34)35)5-4-10-29-25/h3-10,15H,2,11-14,16-18H2,1H3,(H,34,35). The first-order chi connectivity index (χ1) is 16.9. The van der Waals surface area contributed by atoms with Crippen LogP contribution in [0.5, 0.6) is 0 Å². The number of halogens is 2. The number of hydrogen-bond acceptors (Lipinski definition) is 6. The largest absolute Gasteiger partial charge is 0.478 e. The quantitative estimate of drug-likeness (QED) is 0.472. The zero-order valence-electron chi connectivity index (χ0n) is 19.7. The molecule has 3 heterocycles. The summed E-state index contributed by atoms with van der Waals surface area (Å²) in [5.41, 5.74) is 2.78. The van der Waals surface area contributed by atoms with Gasteiger partial charge in [0, 0.05) is 68.8 Å². The number of nitrogens with zero attached hydrogens (tertiary/aromatic N) is 5. The van der Waals surface area contributed by atoms with Crippen LogP contribution in [0.4, 0.5) is 10.2 Å². The highest BCUT2D eigenvalue weighted by atomic mass is 35.5. The Balaban J connectivity index is 1.31. The van der Waals surface area contributed by atoms with Crippen LogP contribution in [0.15, 0.2) is 54.9 Å². The molecule has 0 aliphatic carbocycles. The minimum absolute atomic E-state index is 0.235. The fourth-order valence-electron chi connectivity index (χ4n) is 4.25. The SMILES string of the molecule is CCN(Cc1ccc(CN2CCN(c3ncccc3C(=O)O)CC2)cn1)Cc1c(F)cccc1Cl. The predicted molar refractivity (Wildman–Crippen MR) is 134 cm³/mol. The van der Waals surface area contributed by atoms with Crippen molar-refractivity contribution >= 4 is 23.4 Å². The number of hydrogen-bond donors (Lipinski definition) is 1. The lowest BCUT2D eigenvalue weighted by Gasteiger charge is -2.35. The van der Waals surface area contributed by atoms with Crippen LogP contribution in [0, 0.1) is 5.82 Å². The van der Waals surface area contributed by atoms with Gasteiger partial charge in [-0.15, -0.1) is 0 Å². The van der Waals surface area contributed by atoms with E-state index in [9.17, 15) is 14.3 Å². The molecule has 1 aliphatic heterocycles. The molecule has 1 fully saturated rings. The molecule has 3 aromatic rings. The third-order valence-electron chi connectivity index (χ3n) is 6.26. The molecule has 4 rings (SSSR count). The summed E-state index contributed by atoms with van der Waals surface area (Å²) in [5, 5.41) is 9.86. The highest BCUT2D eigenvalue weighted by molar-refractivity contribution is 6.31. The van der Waals surface area contributed by atoms with Gasteiger partial charge in [-0.25, -0.2) is 14.2 Å². The molecule has 0 radical (unpaired) electrons. The first-order valence-electron chi connectivity index (χ1n) is 11.7. The zero-order valence-corrected chi connectivity index (χ0v) is 20.5. The molecule has 9 heteroatoms. The van der Waals surface area contributed by atoms with Crippen LogP contribution in [-0.2, 0) is 19.6 Å². The molecule has 0 saturated carbocycles. The van der Waals surface area contributed by atoms with Crippen molar-refractivity contribution in [2.45, 2.75) is 26.6 Å². The Morgan fingerprint density at radius 1 is 1.09 bits per heavy atom.